The first-order valence-corrected chi connectivity index (χ1v) is 22.3. The lowest BCUT2D eigenvalue weighted by molar-refractivity contribution is 0.220. The third kappa shape index (κ3) is 7.53. The quantitative estimate of drug-likeness (QED) is 0.0892. The summed E-state index contributed by atoms with van der Waals surface area (Å²) in [6.45, 7) is 12.2. The number of nitrogens with one attached hydrogen (secondary N) is 1. The molecule has 1 aromatic heterocycles. The molecule has 7 aromatic rings. The van der Waals surface area contributed by atoms with Gasteiger partial charge in [0.05, 0.1) is 11.9 Å². The summed E-state index contributed by atoms with van der Waals surface area (Å²) in [4.78, 5) is 4.94. The fourth-order valence-corrected chi connectivity index (χ4v) is 8.83. The Morgan fingerprint density at radius 2 is 0.891 bits per heavy atom. The van der Waals surface area contributed by atoms with Crippen LogP contribution < -0.4 is 5.32 Å². The molecule has 0 saturated carbocycles. The van der Waals surface area contributed by atoms with Crippen molar-refractivity contribution >= 4 is 8.32 Å². The van der Waals surface area contributed by atoms with Gasteiger partial charge in [-0.3, -0.25) is 5.32 Å². The second-order valence-electron chi connectivity index (χ2n) is 16.0. The van der Waals surface area contributed by atoms with Gasteiger partial charge in [0.1, 0.15) is 5.54 Å². The van der Waals surface area contributed by atoms with E-state index in [0.717, 1.165) is 5.69 Å². The average molecular weight is 740 g/mol. The van der Waals surface area contributed by atoms with E-state index < -0.39 is 19.4 Å². The Morgan fingerprint density at radius 1 is 0.545 bits per heavy atom. The van der Waals surface area contributed by atoms with Gasteiger partial charge < -0.3 is 8.99 Å². The van der Waals surface area contributed by atoms with E-state index >= 15 is 0 Å². The van der Waals surface area contributed by atoms with Gasteiger partial charge in [0.25, 0.3) is 0 Å². The molecule has 0 aliphatic carbocycles. The summed E-state index contributed by atoms with van der Waals surface area (Å²) >= 11 is 0. The Kier molecular flexibility index (Phi) is 11.2. The second kappa shape index (κ2) is 16.2. The molecule has 278 valence electrons. The van der Waals surface area contributed by atoms with Crippen LogP contribution in [0, 0.1) is 0 Å². The third-order valence-corrected chi connectivity index (χ3v) is 16.1. The van der Waals surface area contributed by atoms with E-state index in [1.54, 1.807) is 0 Å². The van der Waals surface area contributed by atoms with Crippen LogP contribution in [0.3, 0.4) is 0 Å². The van der Waals surface area contributed by atoms with E-state index in [9.17, 15) is 0 Å². The molecular formula is C50H53N3OSi. The Bertz CT molecular complexity index is 2020. The molecule has 0 aliphatic heterocycles. The van der Waals surface area contributed by atoms with Crippen molar-refractivity contribution < 1.29 is 4.43 Å². The number of aromatic nitrogens is 2. The van der Waals surface area contributed by atoms with Gasteiger partial charge in [0, 0.05) is 31.0 Å². The molecule has 0 bridgehead atoms. The van der Waals surface area contributed by atoms with E-state index in [4.69, 9.17) is 9.41 Å². The summed E-state index contributed by atoms with van der Waals surface area (Å²) in [6, 6.07) is 65.0. The lowest BCUT2D eigenvalue weighted by Gasteiger charge is -2.43. The molecule has 6 aromatic carbocycles. The summed E-state index contributed by atoms with van der Waals surface area (Å²) in [5.41, 5.74) is 6.77. The first-order valence-electron chi connectivity index (χ1n) is 19.4. The van der Waals surface area contributed by atoms with Gasteiger partial charge in [-0.2, -0.15) is 0 Å². The minimum atomic E-state index is -2.15. The summed E-state index contributed by atoms with van der Waals surface area (Å²) < 4.78 is 9.59. The summed E-state index contributed by atoms with van der Waals surface area (Å²) in [5.74, 6) is 0. The van der Waals surface area contributed by atoms with Crippen LogP contribution in [0.2, 0.25) is 18.1 Å². The van der Waals surface area contributed by atoms with Crippen molar-refractivity contribution in [3.8, 4) is 0 Å². The van der Waals surface area contributed by atoms with E-state index in [1.165, 1.54) is 33.4 Å². The zero-order valence-electron chi connectivity index (χ0n) is 32.8. The van der Waals surface area contributed by atoms with Gasteiger partial charge in [-0.1, -0.05) is 203 Å². The Labute approximate surface area is 329 Å². The van der Waals surface area contributed by atoms with Gasteiger partial charge in [-0.25, -0.2) is 4.98 Å². The molecule has 7 rings (SSSR count). The monoisotopic (exact) mass is 739 g/mol. The van der Waals surface area contributed by atoms with E-state index in [0.29, 0.717) is 13.0 Å². The predicted octanol–water partition coefficient (Wildman–Crippen LogP) is 11.2. The van der Waals surface area contributed by atoms with Crippen molar-refractivity contribution in [1.82, 2.24) is 14.9 Å². The van der Waals surface area contributed by atoms with E-state index in [1.807, 2.05) is 6.33 Å². The number of nitrogens with zero attached hydrogens (tertiary/aromatic N) is 2. The van der Waals surface area contributed by atoms with Gasteiger partial charge >= 0.3 is 0 Å². The Balaban J connectivity index is 1.44. The Morgan fingerprint density at radius 3 is 1.24 bits per heavy atom. The van der Waals surface area contributed by atoms with Crippen LogP contribution in [0.1, 0.15) is 59.8 Å². The van der Waals surface area contributed by atoms with Gasteiger partial charge in [0.15, 0.2) is 8.32 Å². The molecule has 0 saturated heterocycles. The van der Waals surface area contributed by atoms with Gasteiger partial charge in [0.2, 0.25) is 0 Å². The molecule has 0 amide bonds. The van der Waals surface area contributed by atoms with Gasteiger partial charge in [-0.15, -0.1) is 0 Å². The van der Waals surface area contributed by atoms with Crippen LogP contribution in [0.4, 0.5) is 0 Å². The van der Waals surface area contributed by atoms with Crippen molar-refractivity contribution in [1.29, 1.82) is 0 Å². The number of rotatable bonds is 14. The van der Waals surface area contributed by atoms with Crippen molar-refractivity contribution in [3.05, 3.63) is 234 Å². The topological polar surface area (TPSA) is 39.1 Å². The molecule has 4 nitrogen and oxygen atoms in total. The van der Waals surface area contributed by atoms with Crippen molar-refractivity contribution in [3.63, 3.8) is 0 Å². The van der Waals surface area contributed by atoms with Gasteiger partial charge in [-0.05, 0) is 51.5 Å². The largest absolute Gasteiger partial charge is 0.415 e. The predicted molar refractivity (Wildman–Crippen MR) is 230 cm³/mol. The molecule has 0 fully saturated rings. The number of hydrogen-bond acceptors (Lipinski definition) is 3. The fourth-order valence-electron chi connectivity index (χ4n) is 7.78. The SMILES string of the molecule is CC(C)(C)[Si](C)(C)OC[C@H](Cc1cncn1C(c1ccccc1)(c1ccccc1)c1ccccc1)NC(c1ccccc1)(c1ccccc1)c1ccccc1. The summed E-state index contributed by atoms with van der Waals surface area (Å²) in [6.07, 6.45) is 4.74. The Hall–Kier alpha value is -5.33. The normalized spacial score (nSPS) is 13.0. The highest BCUT2D eigenvalue weighted by Crippen LogP contribution is 2.43. The number of hydrogen-bond donors (Lipinski definition) is 1. The highest BCUT2D eigenvalue weighted by Gasteiger charge is 2.43. The smallest absolute Gasteiger partial charge is 0.192 e. The molecule has 1 heterocycles. The maximum absolute atomic E-state index is 7.18. The highest BCUT2D eigenvalue weighted by atomic mass is 28.4. The lowest BCUT2D eigenvalue weighted by atomic mass is 9.76. The van der Waals surface area contributed by atoms with Crippen LogP contribution >= 0.6 is 0 Å². The molecule has 0 radical (unpaired) electrons. The molecular weight excluding hydrogens is 687 g/mol. The maximum atomic E-state index is 7.18. The third-order valence-electron chi connectivity index (χ3n) is 11.6. The molecule has 0 aliphatic rings. The molecule has 1 atom stereocenters. The first kappa shape index (κ1) is 38.0. The van der Waals surface area contributed by atoms with Crippen molar-refractivity contribution in [2.45, 2.75) is 62.4 Å². The fraction of sp³-hybridized carbons (Fsp3) is 0.220. The maximum Gasteiger partial charge on any atom is 0.192 e. The van der Waals surface area contributed by atoms with Crippen LogP contribution in [-0.2, 0) is 21.9 Å². The van der Waals surface area contributed by atoms with Crippen LogP contribution in [0.5, 0.6) is 0 Å². The molecule has 1 N–H and O–H groups in total. The summed E-state index contributed by atoms with van der Waals surface area (Å²) in [7, 11) is -2.15. The van der Waals surface area contributed by atoms with E-state index in [2.05, 4.69) is 232 Å². The molecule has 0 unspecified atom stereocenters. The molecule has 0 spiro atoms. The van der Waals surface area contributed by atoms with Crippen LogP contribution in [-0.4, -0.2) is 30.5 Å². The zero-order chi connectivity index (χ0) is 38.4. The zero-order valence-corrected chi connectivity index (χ0v) is 33.8. The number of imidazole rings is 1. The second-order valence-corrected chi connectivity index (χ2v) is 20.8. The average Bonchev–Trinajstić information content (AvgIpc) is 3.69. The van der Waals surface area contributed by atoms with Crippen molar-refractivity contribution in [2.75, 3.05) is 6.61 Å². The first-order chi connectivity index (χ1) is 26.7. The highest BCUT2D eigenvalue weighted by molar-refractivity contribution is 6.74. The molecule has 5 heteroatoms. The van der Waals surface area contributed by atoms with Crippen LogP contribution in [0.25, 0.3) is 0 Å². The van der Waals surface area contributed by atoms with E-state index in [-0.39, 0.29) is 11.1 Å². The standard InChI is InChI=1S/C50H53N3OSi/c1-48(2,3)55(4,5)54-38-46(52-49(40-24-12-6-13-25-40,41-26-14-7-15-27-41)42-28-16-8-17-29-42)36-47-37-51-39-53(47)50(43-30-18-9-19-31-43,44-32-20-10-21-33-44)45-34-22-11-23-35-45/h6-35,37,39,46,52H,36,38H2,1-5H3/t46-/m0/s1. The number of benzene rings is 6. The minimum Gasteiger partial charge on any atom is -0.415 e. The summed E-state index contributed by atoms with van der Waals surface area (Å²) in [5, 5.41) is 4.39. The molecule has 55 heavy (non-hydrogen) atoms. The van der Waals surface area contributed by atoms with Crippen molar-refractivity contribution in [2.24, 2.45) is 0 Å². The van der Waals surface area contributed by atoms with Crippen LogP contribution in [0.15, 0.2) is 195 Å². The minimum absolute atomic E-state index is 0.0534. The lowest BCUT2D eigenvalue weighted by Crippen LogP contribution is -2.54.